The molecule has 8 heteroatoms. The molecule has 0 unspecified atom stereocenters. The number of aromatic nitrogens is 2. The van der Waals surface area contributed by atoms with Crippen molar-refractivity contribution in [3.63, 3.8) is 0 Å². The fraction of sp³-hybridized carbons (Fsp3) is 0.167. The summed E-state index contributed by atoms with van der Waals surface area (Å²) < 4.78 is 63.3. The third kappa shape index (κ3) is 3.65. The Morgan fingerprint density at radius 1 is 0.923 bits per heavy atom. The Hall–Kier alpha value is -2.61. The minimum Gasteiger partial charge on any atom is -0.334 e. The van der Waals surface area contributed by atoms with E-state index < -0.39 is 21.7 Å². The maximum absolute atomic E-state index is 13.4. The van der Waals surface area contributed by atoms with E-state index in [1.54, 1.807) is 24.3 Å². The normalized spacial score (nSPS) is 12.3. The van der Waals surface area contributed by atoms with Crippen molar-refractivity contribution in [2.24, 2.45) is 0 Å². The van der Waals surface area contributed by atoms with Gasteiger partial charge < -0.3 is 4.98 Å². The molecule has 0 aliphatic carbocycles. The molecule has 0 atom stereocenters. The Kier molecular flexibility index (Phi) is 4.39. The molecular formula is C18H15F3N2O2S. The standard InChI is InChI=1S/C18H15F3N2O2S/c1-11-3-5-12(6-4-11)15-16(18(19,20)21)23-17(22-15)13-7-9-14(10-8-13)26(2,24)25/h3-10H,1-2H3,(H,22,23). The molecular weight excluding hydrogens is 365 g/mol. The number of halogens is 3. The number of H-pyrrole nitrogens is 1. The number of imidazole rings is 1. The highest BCUT2D eigenvalue weighted by Crippen LogP contribution is 2.37. The zero-order valence-corrected chi connectivity index (χ0v) is 14.7. The maximum Gasteiger partial charge on any atom is 0.433 e. The maximum atomic E-state index is 13.4. The summed E-state index contributed by atoms with van der Waals surface area (Å²) in [6, 6.07) is 12.1. The van der Waals surface area contributed by atoms with Crippen LogP contribution in [0.25, 0.3) is 22.6 Å². The average Bonchev–Trinajstić information content (AvgIpc) is 3.00. The fourth-order valence-electron chi connectivity index (χ4n) is 2.50. The number of alkyl halides is 3. The van der Waals surface area contributed by atoms with E-state index in [1.807, 2.05) is 6.92 Å². The van der Waals surface area contributed by atoms with Gasteiger partial charge in [-0.15, -0.1) is 0 Å². The van der Waals surface area contributed by atoms with Gasteiger partial charge in [-0.1, -0.05) is 29.8 Å². The van der Waals surface area contributed by atoms with Crippen molar-refractivity contribution in [1.82, 2.24) is 9.97 Å². The second-order valence-electron chi connectivity index (χ2n) is 5.97. The van der Waals surface area contributed by atoms with Crippen LogP contribution >= 0.6 is 0 Å². The largest absolute Gasteiger partial charge is 0.433 e. The Labute approximate surface area is 148 Å². The van der Waals surface area contributed by atoms with E-state index >= 15 is 0 Å². The summed E-state index contributed by atoms with van der Waals surface area (Å²) in [6.45, 7) is 1.84. The molecule has 2 aromatic carbocycles. The van der Waals surface area contributed by atoms with Crippen molar-refractivity contribution in [1.29, 1.82) is 0 Å². The molecule has 1 heterocycles. The molecule has 3 rings (SSSR count). The van der Waals surface area contributed by atoms with Crippen LogP contribution < -0.4 is 0 Å². The predicted molar refractivity (Wildman–Crippen MR) is 92.3 cm³/mol. The van der Waals surface area contributed by atoms with Crippen molar-refractivity contribution >= 4 is 9.84 Å². The van der Waals surface area contributed by atoms with Crippen LogP contribution in [-0.2, 0) is 16.0 Å². The first kappa shape index (κ1) is 18.2. The number of nitrogens with zero attached hydrogens (tertiary/aromatic N) is 1. The second kappa shape index (κ2) is 6.28. The van der Waals surface area contributed by atoms with Gasteiger partial charge >= 0.3 is 6.18 Å². The summed E-state index contributed by atoms with van der Waals surface area (Å²) in [6.07, 6.45) is -3.54. The monoisotopic (exact) mass is 380 g/mol. The van der Waals surface area contributed by atoms with Gasteiger partial charge in [0.1, 0.15) is 17.2 Å². The zero-order valence-electron chi connectivity index (χ0n) is 13.9. The minimum atomic E-state index is -4.60. The molecule has 0 aliphatic heterocycles. The van der Waals surface area contributed by atoms with Gasteiger partial charge in [0, 0.05) is 17.4 Å². The van der Waals surface area contributed by atoms with Gasteiger partial charge in [-0.25, -0.2) is 13.4 Å². The molecule has 0 fully saturated rings. The minimum absolute atomic E-state index is 0.0213. The quantitative estimate of drug-likeness (QED) is 0.729. The SMILES string of the molecule is Cc1ccc(-c2nc(-c3ccc(S(C)(=O)=O)cc3)[nH]c2C(F)(F)F)cc1. The lowest BCUT2D eigenvalue weighted by Crippen LogP contribution is -2.07. The number of benzene rings is 2. The molecule has 3 aromatic rings. The number of hydrogen-bond acceptors (Lipinski definition) is 3. The van der Waals surface area contributed by atoms with Gasteiger partial charge in [-0.3, -0.25) is 0 Å². The van der Waals surface area contributed by atoms with E-state index in [0.717, 1.165) is 11.8 Å². The highest BCUT2D eigenvalue weighted by molar-refractivity contribution is 7.90. The lowest BCUT2D eigenvalue weighted by Gasteiger charge is -2.06. The van der Waals surface area contributed by atoms with Crippen LogP contribution in [0.2, 0.25) is 0 Å². The number of nitrogens with one attached hydrogen (secondary N) is 1. The summed E-state index contributed by atoms with van der Waals surface area (Å²) >= 11 is 0. The Balaban J connectivity index is 2.11. The van der Waals surface area contributed by atoms with Gasteiger partial charge in [0.25, 0.3) is 0 Å². The lowest BCUT2D eigenvalue weighted by molar-refractivity contribution is -0.140. The Morgan fingerprint density at radius 3 is 1.96 bits per heavy atom. The highest BCUT2D eigenvalue weighted by atomic mass is 32.2. The van der Waals surface area contributed by atoms with E-state index in [1.165, 1.54) is 24.3 Å². The number of rotatable bonds is 3. The summed E-state index contributed by atoms with van der Waals surface area (Å²) in [4.78, 5) is 6.52. The summed E-state index contributed by atoms with van der Waals surface area (Å²) in [5.74, 6) is 0.0213. The van der Waals surface area contributed by atoms with Crippen LogP contribution in [0.5, 0.6) is 0 Å². The van der Waals surface area contributed by atoms with Crippen molar-refractivity contribution in [2.45, 2.75) is 18.0 Å². The predicted octanol–water partition coefficient (Wildman–Crippen LogP) is 4.47. The van der Waals surface area contributed by atoms with Gasteiger partial charge in [-0.05, 0) is 31.2 Å². The molecule has 0 saturated carbocycles. The first-order valence-electron chi connectivity index (χ1n) is 7.60. The smallest absolute Gasteiger partial charge is 0.334 e. The molecule has 1 aromatic heterocycles. The number of aromatic amines is 1. The number of aryl methyl sites for hydroxylation is 1. The molecule has 1 N–H and O–H groups in total. The zero-order chi connectivity index (χ0) is 19.1. The van der Waals surface area contributed by atoms with Crippen LogP contribution in [-0.4, -0.2) is 24.6 Å². The summed E-state index contributed by atoms with van der Waals surface area (Å²) in [7, 11) is -3.39. The molecule has 26 heavy (non-hydrogen) atoms. The molecule has 136 valence electrons. The van der Waals surface area contributed by atoms with E-state index in [2.05, 4.69) is 9.97 Å². The Morgan fingerprint density at radius 2 is 1.46 bits per heavy atom. The van der Waals surface area contributed by atoms with E-state index in [9.17, 15) is 21.6 Å². The van der Waals surface area contributed by atoms with Crippen LogP contribution in [0.4, 0.5) is 13.2 Å². The van der Waals surface area contributed by atoms with Crippen LogP contribution in [0.3, 0.4) is 0 Å². The van der Waals surface area contributed by atoms with Crippen molar-refractivity contribution in [3.8, 4) is 22.6 Å². The van der Waals surface area contributed by atoms with Gasteiger partial charge in [0.15, 0.2) is 9.84 Å². The van der Waals surface area contributed by atoms with E-state index in [0.29, 0.717) is 11.1 Å². The third-order valence-electron chi connectivity index (χ3n) is 3.87. The topological polar surface area (TPSA) is 62.8 Å². The molecule has 0 bridgehead atoms. The second-order valence-corrected chi connectivity index (χ2v) is 7.99. The van der Waals surface area contributed by atoms with Crippen LogP contribution in [0.15, 0.2) is 53.4 Å². The van der Waals surface area contributed by atoms with Gasteiger partial charge in [-0.2, -0.15) is 13.2 Å². The number of sulfone groups is 1. The molecule has 0 radical (unpaired) electrons. The van der Waals surface area contributed by atoms with Gasteiger partial charge in [0.2, 0.25) is 0 Å². The van der Waals surface area contributed by atoms with Crippen LogP contribution in [0, 0.1) is 6.92 Å². The van der Waals surface area contributed by atoms with Crippen molar-refractivity contribution in [3.05, 3.63) is 59.8 Å². The van der Waals surface area contributed by atoms with Crippen LogP contribution in [0.1, 0.15) is 11.3 Å². The summed E-state index contributed by atoms with van der Waals surface area (Å²) in [5, 5.41) is 0. The molecule has 0 saturated heterocycles. The molecule has 0 aliphatic rings. The first-order valence-corrected chi connectivity index (χ1v) is 9.49. The molecule has 0 amide bonds. The third-order valence-corrected chi connectivity index (χ3v) is 5.00. The highest BCUT2D eigenvalue weighted by Gasteiger charge is 2.37. The van der Waals surface area contributed by atoms with E-state index in [-0.39, 0.29) is 16.4 Å². The van der Waals surface area contributed by atoms with E-state index in [4.69, 9.17) is 0 Å². The summed E-state index contributed by atoms with van der Waals surface area (Å²) in [5.41, 5.74) is 0.497. The van der Waals surface area contributed by atoms with Gasteiger partial charge in [0.05, 0.1) is 4.90 Å². The van der Waals surface area contributed by atoms with Crippen molar-refractivity contribution in [2.75, 3.05) is 6.26 Å². The number of hydrogen-bond donors (Lipinski definition) is 1. The molecule has 0 spiro atoms. The Bertz CT molecular complexity index is 1040. The molecule has 4 nitrogen and oxygen atoms in total. The fourth-order valence-corrected chi connectivity index (χ4v) is 3.13. The first-order chi connectivity index (χ1) is 12.1. The lowest BCUT2D eigenvalue weighted by atomic mass is 10.1. The van der Waals surface area contributed by atoms with Crippen molar-refractivity contribution < 1.29 is 21.6 Å². The average molecular weight is 380 g/mol.